The molecule has 2 aromatic rings. The SMILES string of the molecule is C1=CC=CNC=C1.NS(=O)(=O)c1cnc2ccccc2n1. The molecule has 0 unspecified atom stereocenters. The maximum atomic E-state index is 11.0. The number of benzene rings is 1. The lowest BCUT2D eigenvalue weighted by molar-refractivity contribution is 0.594. The van der Waals surface area contributed by atoms with Gasteiger partial charge in [-0.25, -0.2) is 18.5 Å². The van der Waals surface area contributed by atoms with Gasteiger partial charge in [0.1, 0.15) is 0 Å². The Bertz CT molecular complexity index is 797. The molecular formula is C14H14N4O2S. The first kappa shape index (κ1) is 14.9. The minimum atomic E-state index is -3.77. The Balaban J connectivity index is 0.000000194. The standard InChI is InChI=1S/C8H7N3O2S.C6H7N/c9-14(12,13)8-5-10-6-3-1-2-4-7(6)11-8;1-2-4-6-7-5-3-1/h1-5H,(H2,9,12,13);1-7H. The van der Waals surface area contributed by atoms with E-state index in [4.69, 9.17) is 5.14 Å². The molecule has 6 nitrogen and oxygen atoms in total. The molecule has 0 atom stereocenters. The normalized spacial score (nSPS) is 13.2. The summed E-state index contributed by atoms with van der Waals surface area (Å²) in [6, 6.07) is 6.98. The summed E-state index contributed by atoms with van der Waals surface area (Å²) in [4.78, 5) is 7.80. The summed E-state index contributed by atoms with van der Waals surface area (Å²) in [5, 5.41) is 7.63. The minimum absolute atomic E-state index is 0.212. The van der Waals surface area contributed by atoms with E-state index in [0.29, 0.717) is 11.0 Å². The Kier molecular flexibility index (Phi) is 4.81. The fourth-order valence-electron chi connectivity index (χ4n) is 1.48. The summed E-state index contributed by atoms with van der Waals surface area (Å²) in [6.07, 6.45) is 12.7. The summed E-state index contributed by atoms with van der Waals surface area (Å²) in [6.45, 7) is 0. The molecule has 1 aromatic carbocycles. The second-order valence-corrected chi connectivity index (χ2v) is 5.52. The number of allylic oxidation sites excluding steroid dienone is 4. The summed E-state index contributed by atoms with van der Waals surface area (Å²) in [5.41, 5.74) is 1.15. The average molecular weight is 302 g/mol. The van der Waals surface area contributed by atoms with E-state index in [1.165, 1.54) is 0 Å². The van der Waals surface area contributed by atoms with Crippen molar-refractivity contribution in [2.45, 2.75) is 5.03 Å². The molecule has 0 aliphatic carbocycles. The van der Waals surface area contributed by atoms with E-state index < -0.39 is 10.0 Å². The Hall–Kier alpha value is -2.51. The van der Waals surface area contributed by atoms with E-state index >= 15 is 0 Å². The molecule has 1 aliphatic heterocycles. The molecule has 7 heteroatoms. The maximum Gasteiger partial charge on any atom is 0.257 e. The molecule has 108 valence electrons. The van der Waals surface area contributed by atoms with Crippen molar-refractivity contribution in [2.75, 3.05) is 0 Å². The number of nitrogens with one attached hydrogen (secondary N) is 1. The van der Waals surface area contributed by atoms with Crippen LogP contribution in [0.5, 0.6) is 0 Å². The lowest BCUT2D eigenvalue weighted by Gasteiger charge is -1.98. The first-order chi connectivity index (χ1) is 10.1. The largest absolute Gasteiger partial charge is 0.368 e. The second kappa shape index (κ2) is 6.78. The number of sulfonamides is 1. The van der Waals surface area contributed by atoms with Crippen LogP contribution in [0.4, 0.5) is 0 Å². The van der Waals surface area contributed by atoms with E-state index in [1.54, 1.807) is 24.3 Å². The molecule has 21 heavy (non-hydrogen) atoms. The van der Waals surface area contributed by atoms with Gasteiger partial charge < -0.3 is 5.32 Å². The van der Waals surface area contributed by atoms with Gasteiger partial charge in [-0.3, -0.25) is 4.98 Å². The molecule has 3 rings (SSSR count). The van der Waals surface area contributed by atoms with Gasteiger partial charge in [0.25, 0.3) is 10.0 Å². The highest BCUT2D eigenvalue weighted by Gasteiger charge is 2.10. The van der Waals surface area contributed by atoms with Crippen LogP contribution in [-0.2, 0) is 10.0 Å². The molecule has 0 saturated carbocycles. The average Bonchev–Trinajstić information content (AvgIpc) is 2.79. The third kappa shape index (κ3) is 4.51. The topological polar surface area (TPSA) is 98.0 Å². The number of fused-ring (bicyclic) bond motifs is 1. The van der Waals surface area contributed by atoms with Gasteiger partial charge in [0.2, 0.25) is 0 Å². The quantitative estimate of drug-likeness (QED) is 0.831. The number of rotatable bonds is 1. The lowest BCUT2D eigenvalue weighted by Crippen LogP contribution is -2.14. The molecule has 2 heterocycles. The van der Waals surface area contributed by atoms with Crippen molar-refractivity contribution in [3.63, 3.8) is 0 Å². The van der Waals surface area contributed by atoms with Crippen LogP contribution in [0.1, 0.15) is 0 Å². The first-order valence-corrected chi connectivity index (χ1v) is 7.61. The third-order valence-corrected chi connectivity index (χ3v) is 3.22. The molecule has 3 N–H and O–H groups in total. The highest BCUT2D eigenvalue weighted by molar-refractivity contribution is 7.89. The predicted molar refractivity (Wildman–Crippen MR) is 81.5 cm³/mol. The number of hydrogen-bond acceptors (Lipinski definition) is 5. The van der Waals surface area contributed by atoms with Crippen LogP contribution in [0, 0.1) is 0 Å². The summed E-state index contributed by atoms with van der Waals surface area (Å²) >= 11 is 0. The highest BCUT2D eigenvalue weighted by atomic mass is 32.2. The number of nitrogens with zero attached hydrogens (tertiary/aromatic N) is 2. The Morgan fingerprint density at radius 2 is 1.57 bits per heavy atom. The van der Waals surface area contributed by atoms with Crippen LogP contribution in [0.25, 0.3) is 11.0 Å². The molecule has 0 amide bonds. The number of nitrogens with two attached hydrogens (primary N) is 1. The van der Waals surface area contributed by atoms with Crippen molar-refractivity contribution in [2.24, 2.45) is 5.14 Å². The van der Waals surface area contributed by atoms with Gasteiger partial charge in [0, 0.05) is 12.4 Å². The molecule has 0 fully saturated rings. The fraction of sp³-hybridized carbons (Fsp3) is 0. The van der Waals surface area contributed by atoms with Crippen LogP contribution < -0.4 is 10.5 Å². The van der Waals surface area contributed by atoms with Crippen LogP contribution in [0.2, 0.25) is 0 Å². The van der Waals surface area contributed by atoms with Crippen molar-refractivity contribution in [1.29, 1.82) is 0 Å². The smallest absolute Gasteiger partial charge is 0.257 e. The minimum Gasteiger partial charge on any atom is -0.368 e. The van der Waals surface area contributed by atoms with Gasteiger partial charge in [0.15, 0.2) is 5.03 Å². The van der Waals surface area contributed by atoms with Gasteiger partial charge >= 0.3 is 0 Å². The number of hydrogen-bond donors (Lipinski definition) is 2. The molecule has 0 spiro atoms. The lowest BCUT2D eigenvalue weighted by atomic mass is 10.3. The van der Waals surface area contributed by atoms with E-state index in [1.807, 2.05) is 36.7 Å². The number of para-hydroxylation sites is 2. The Morgan fingerprint density at radius 1 is 0.952 bits per heavy atom. The summed E-state index contributed by atoms with van der Waals surface area (Å²) < 4.78 is 21.9. The Morgan fingerprint density at radius 3 is 2.19 bits per heavy atom. The van der Waals surface area contributed by atoms with E-state index in [9.17, 15) is 8.42 Å². The van der Waals surface area contributed by atoms with Crippen molar-refractivity contribution in [1.82, 2.24) is 15.3 Å². The van der Waals surface area contributed by atoms with E-state index in [-0.39, 0.29) is 5.03 Å². The second-order valence-electron chi connectivity index (χ2n) is 4.01. The van der Waals surface area contributed by atoms with Crippen LogP contribution in [-0.4, -0.2) is 18.4 Å². The van der Waals surface area contributed by atoms with Crippen molar-refractivity contribution >= 4 is 21.1 Å². The van der Waals surface area contributed by atoms with Gasteiger partial charge in [0.05, 0.1) is 17.2 Å². The first-order valence-electron chi connectivity index (χ1n) is 6.06. The van der Waals surface area contributed by atoms with E-state index in [2.05, 4.69) is 15.3 Å². The van der Waals surface area contributed by atoms with Crippen molar-refractivity contribution < 1.29 is 8.42 Å². The number of primary sulfonamides is 1. The molecular weight excluding hydrogens is 288 g/mol. The van der Waals surface area contributed by atoms with Crippen molar-refractivity contribution in [3.05, 3.63) is 67.2 Å². The molecule has 0 radical (unpaired) electrons. The van der Waals surface area contributed by atoms with Crippen molar-refractivity contribution in [3.8, 4) is 0 Å². The Labute approximate surface area is 122 Å². The third-order valence-electron chi connectivity index (χ3n) is 2.44. The summed E-state index contributed by atoms with van der Waals surface area (Å²) in [5.74, 6) is 0. The molecule has 0 saturated heterocycles. The highest BCUT2D eigenvalue weighted by Crippen LogP contribution is 2.10. The van der Waals surface area contributed by atoms with E-state index in [0.717, 1.165) is 6.20 Å². The summed E-state index contributed by atoms with van der Waals surface area (Å²) in [7, 11) is -3.77. The van der Waals surface area contributed by atoms with Crippen LogP contribution in [0.15, 0.2) is 72.2 Å². The van der Waals surface area contributed by atoms with Gasteiger partial charge in [-0.05, 0) is 24.3 Å². The zero-order valence-electron chi connectivity index (χ0n) is 11.0. The van der Waals surface area contributed by atoms with Gasteiger partial charge in [-0.1, -0.05) is 24.3 Å². The molecule has 0 bridgehead atoms. The zero-order valence-corrected chi connectivity index (χ0v) is 11.9. The van der Waals surface area contributed by atoms with Gasteiger partial charge in [-0.15, -0.1) is 0 Å². The maximum absolute atomic E-state index is 11.0. The zero-order chi connectivity index (χ0) is 15.1. The predicted octanol–water partition coefficient (Wildman–Crippen LogP) is 1.45. The molecule has 1 aromatic heterocycles. The van der Waals surface area contributed by atoms with Crippen LogP contribution >= 0.6 is 0 Å². The monoisotopic (exact) mass is 302 g/mol. The van der Waals surface area contributed by atoms with Gasteiger partial charge in [-0.2, -0.15) is 0 Å². The fourth-order valence-corrected chi connectivity index (χ4v) is 1.91. The molecule has 1 aliphatic rings. The number of aromatic nitrogens is 2. The van der Waals surface area contributed by atoms with Crippen LogP contribution in [0.3, 0.4) is 0 Å².